The molecule has 1 aromatic heterocycles. The van der Waals surface area contributed by atoms with Crippen molar-refractivity contribution in [2.24, 2.45) is 0 Å². The van der Waals surface area contributed by atoms with Crippen LogP contribution >= 0.6 is 0 Å². The summed E-state index contributed by atoms with van der Waals surface area (Å²) in [6.07, 6.45) is 0. The quantitative estimate of drug-likeness (QED) is 0.913. The maximum atomic E-state index is 9.13. The number of aryl methyl sites for hydroxylation is 2. The molecule has 0 aliphatic carbocycles. The van der Waals surface area contributed by atoms with Crippen LogP contribution in [-0.2, 0) is 13.2 Å². The molecule has 3 heteroatoms. The van der Waals surface area contributed by atoms with Gasteiger partial charge in [-0.15, -0.1) is 0 Å². The number of aliphatic hydroxyl groups is 1. The Kier molecular flexibility index (Phi) is 4.17. The largest absolute Gasteiger partial charge is 0.392 e. The number of rotatable bonds is 4. The lowest BCUT2D eigenvalue weighted by Crippen LogP contribution is -2.18. The van der Waals surface area contributed by atoms with Crippen molar-refractivity contribution in [2.75, 3.05) is 11.9 Å². The van der Waals surface area contributed by atoms with E-state index in [1.807, 2.05) is 37.3 Å². The Labute approximate surface area is 114 Å². The summed E-state index contributed by atoms with van der Waals surface area (Å²) >= 11 is 0. The van der Waals surface area contributed by atoms with Crippen LogP contribution in [0.2, 0.25) is 0 Å². The second-order valence-electron chi connectivity index (χ2n) is 4.91. The van der Waals surface area contributed by atoms with Crippen molar-refractivity contribution < 1.29 is 5.11 Å². The number of aliphatic hydroxyl groups excluding tert-OH is 1. The molecular weight excluding hydrogens is 236 g/mol. The number of anilines is 1. The monoisotopic (exact) mass is 256 g/mol. The molecule has 0 unspecified atom stereocenters. The third-order valence-corrected chi connectivity index (χ3v) is 3.20. The number of nitrogens with zero attached hydrogens (tertiary/aromatic N) is 2. The Bertz CT molecular complexity index is 566. The van der Waals surface area contributed by atoms with Gasteiger partial charge < -0.3 is 10.0 Å². The van der Waals surface area contributed by atoms with Crippen molar-refractivity contribution >= 4 is 5.69 Å². The molecule has 0 aliphatic rings. The van der Waals surface area contributed by atoms with Gasteiger partial charge in [-0.2, -0.15) is 0 Å². The van der Waals surface area contributed by atoms with E-state index < -0.39 is 0 Å². The molecule has 1 aromatic carbocycles. The number of aromatic nitrogens is 1. The average molecular weight is 256 g/mol. The lowest BCUT2D eigenvalue weighted by atomic mass is 10.1. The van der Waals surface area contributed by atoms with Crippen LogP contribution in [0.3, 0.4) is 0 Å². The fraction of sp³-hybridized carbons (Fsp3) is 0.312. The second kappa shape index (κ2) is 5.85. The van der Waals surface area contributed by atoms with Gasteiger partial charge in [-0.25, -0.2) is 0 Å². The normalized spacial score (nSPS) is 10.5. The van der Waals surface area contributed by atoms with Gasteiger partial charge in [0.05, 0.1) is 18.8 Å². The van der Waals surface area contributed by atoms with E-state index in [4.69, 9.17) is 5.11 Å². The van der Waals surface area contributed by atoms with Crippen molar-refractivity contribution in [1.29, 1.82) is 0 Å². The molecule has 0 atom stereocenters. The van der Waals surface area contributed by atoms with Crippen molar-refractivity contribution in [3.63, 3.8) is 0 Å². The van der Waals surface area contributed by atoms with E-state index in [9.17, 15) is 0 Å². The molecule has 0 saturated carbocycles. The molecule has 0 aliphatic heterocycles. The van der Waals surface area contributed by atoms with Crippen LogP contribution in [0.25, 0.3) is 0 Å². The van der Waals surface area contributed by atoms with Crippen molar-refractivity contribution in [3.05, 3.63) is 58.9 Å². The fourth-order valence-corrected chi connectivity index (χ4v) is 2.26. The standard InChI is InChI=1S/C16H20N2O/c1-12-9-14(11-19)7-8-16(12)18(3)10-15-6-4-5-13(2)17-15/h4-9,19H,10-11H2,1-3H3. The highest BCUT2D eigenvalue weighted by atomic mass is 16.3. The summed E-state index contributed by atoms with van der Waals surface area (Å²) in [5.74, 6) is 0. The highest BCUT2D eigenvalue weighted by Gasteiger charge is 2.07. The first-order valence-corrected chi connectivity index (χ1v) is 6.44. The molecular formula is C16H20N2O. The molecule has 0 fully saturated rings. The first-order valence-electron chi connectivity index (χ1n) is 6.44. The molecule has 0 radical (unpaired) electrons. The SMILES string of the molecule is Cc1cccc(CN(C)c2ccc(CO)cc2C)n1. The van der Waals surface area contributed by atoms with Gasteiger partial charge >= 0.3 is 0 Å². The molecule has 2 aromatic rings. The highest BCUT2D eigenvalue weighted by molar-refractivity contribution is 5.54. The topological polar surface area (TPSA) is 36.4 Å². The fourth-order valence-electron chi connectivity index (χ4n) is 2.26. The molecule has 1 N–H and O–H groups in total. The second-order valence-corrected chi connectivity index (χ2v) is 4.91. The Balaban J connectivity index is 2.18. The third kappa shape index (κ3) is 3.32. The van der Waals surface area contributed by atoms with Crippen LogP contribution in [0.5, 0.6) is 0 Å². The van der Waals surface area contributed by atoms with Gasteiger partial charge in [-0.05, 0) is 43.2 Å². The van der Waals surface area contributed by atoms with Gasteiger partial charge in [0.2, 0.25) is 0 Å². The van der Waals surface area contributed by atoms with E-state index in [2.05, 4.69) is 29.9 Å². The number of pyridine rings is 1. The minimum Gasteiger partial charge on any atom is -0.392 e. The zero-order chi connectivity index (χ0) is 13.8. The van der Waals surface area contributed by atoms with Crippen molar-refractivity contribution in [1.82, 2.24) is 4.98 Å². The average Bonchev–Trinajstić information content (AvgIpc) is 2.38. The van der Waals surface area contributed by atoms with E-state index in [-0.39, 0.29) is 6.61 Å². The lowest BCUT2D eigenvalue weighted by Gasteiger charge is -2.21. The molecule has 0 bridgehead atoms. The summed E-state index contributed by atoms with van der Waals surface area (Å²) in [6, 6.07) is 12.1. The first kappa shape index (κ1) is 13.6. The third-order valence-electron chi connectivity index (χ3n) is 3.20. The summed E-state index contributed by atoms with van der Waals surface area (Å²) in [6.45, 7) is 4.94. The zero-order valence-electron chi connectivity index (χ0n) is 11.7. The van der Waals surface area contributed by atoms with Crippen molar-refractivity contribution in [2.45, 2.75) is 27.0 Å². The Morgan fingerprint density at radius 2 is 1.95 bits per heavy atom. The predicted octanol–water partition coefficient (Wildman–Crippen LogP) is 2.83. The van der Waals surface area contributed by atoms with E-state index in [0.717, 1.165) is 23.5 Å². The summed E-state index contributed by atoms with van der Waals surface area (Å²) in [5, 5.41) is 9.13. The molecule has 1 heterocycles. The lowest BCUT2D eigenvalue weighted by molar-refractivity contribution is 0.282. The first-order chi connectivity index (χ1) is 9.10. The Morgan fingerprint density at radius 1 is 1.16 bits per heavy atom. The highest BCUT2D eigenvalue weighted by Crippen LogP contribution is 2.21. The minimum atomic E-state index is 0.0876. The van der Waals surface area contributed by atoms with Crippen molar-refractivity contribution in [3.8, 4) is 0 Å². The molecule has 0 amide bonds. The summed E-state index contributed by atoms with van der Waals surface area (Å²) in [7, 11) is 2.06. The molecule has 3 nitrogen and oxygen atoms in total. The molecule has 0 saturated heterocycles. The van der Waals surface area contributed by atoms with Crippen LogP contribution in [0.4, 0.5) is 5.69 Å². The Hall–Kier alpha value is -1.87. The van der Waals surface area contributed by atoms with Crippen LogP contribution < -0.4 is 4.90 Å². The van der Waals surface area contributed by atoms with Crippen LogP contribution in [0.1, 0.15) is 22.5 Å². The predicted molar refractivity (Wildman–Crippen MR) is 78.2 cm³/mol. The minimum absolute atomic E-state index is 0.0876. The van der Waals surface area contributed by atoms with Crippen LogP contribution in [0, 0.1) is 13.8 Å². The molecule has 100 valence electrons. The number of hydrogen-bond donors (Lipinski definition) is 1. The number of benzene rings is 1. The molecule has 2 rings (SSSR count). The van der Waals surface area contributed by atoms with E-state index in [1.54, 1.807) is 0 Å². The van der Waals surface area contributed by atoms with Gasteiger partial charge in [0, 0.05) is 18.4 Å². The van der Waals surface area contributed by atoms with Gasteiger partial charge in [0.25, 0.3) is 0 Å². The van der Waals surface area contributed by atoms with E-state index in [1.165, 1.54) is 11.3 Å². The van der Waals surface area contributed by atoms with Gasteiger partial charge in [0.1, 0.15) is 0 Å². The van der Waals surface area contributed by atoms with Crippen LogP contribution in [0.15, 0.2) is 36.4 Å². The molecule has 19 heavy (non-hydrogen) atoms. The van der Waals surface area contributed by atoms with Gasteiger partial charge in [-0.3, -0.25) is 4.98 Å². The number of hydrogen-bond acceptors (Lipinski definition) is 3. The van der Waals surface area contributed by atoms with E-state index >= 15 is 0 Å². The summed E-state index contributed by atoms with van der Waals surface area (Å²) < 4.78 is 0. The van der Waals surface area contributed by atoms with Gasteiger partial charge in [-0.1, -0.05) is 18.2 Å². The maximum Gasteiger partial charge on any atom is 0.0681 e. The van der Waals surface area contributed by atoms with Crippen LogP contribution in [-0.4, -0.2) is 17.1 Å². The summed E-state index contributed by atoms with van der Waals surface area (Å²) in [5.41, 5.74) is 5.39. The molecule has 0 spiro atoms. The zero-order valence-corrected chi connectivity index (χ0v) is 11.7. The van der Waals surface area contributed by atoms with E-state index in [0.29, 0.717) is 0 Å². The van der Waals surface area contributed by atoms with Gasteiger partial charge in [0.15, 0.2) is 0 Å². The maximum absolute atomic E-state index is 9.13. The Morgan fingerprint density at radius 3 is 2.58 bits per heavy atom. The summed E-state index contributed by atoms with van der Waals surface area (Å²) in [4.78, 5) is 6.70. The smallest absolute Gasteiger partial charge is 0.0681 e.